The van der Waals surface area contributed by atoms with Gasteiger partial charge in [0.15, 0.2) is 0 Å². The number of rotatable bonds is 11. The minimum atomic E-state index is 0.823. The highest BCUT2D eigenvalue weighted by Crippen LogP contribution is 2.27. The predicted molar refractivity (Wildman–Crippen MR) is 113 cm³/mol. The van der Waals surface area contributed by atoms with E-state index in [0.717, 1.165) is 24.8 Å². The highest BCUT2D eigenvalue weighted by molar-refractivity contribution is 5.09. The molecule has 1 aliphatic heterocycles. The maximum atomic E-state index is 4.25. The zero-order valence-electron chi connectivity index (χ0n) is 16.9. The number of hydrogen-bond acceptors (Lipinski definition) is 3. The van der Waals surface area contributed by atoms with Gasteiger partial charge in [0.25, 0.3) is 0 Å². The van der Waals surface area contributed by atoms with E-state index in [1.165, 1.54) is 69.0 Å². The van der Waals surface area contributed by atoms with E-state index in [1.54, 1.807) is 0 Å². The summed E-state index contributed by atoms with van der Waals surface area (Å²) in [5.41, 5.74) is 2.75. The third-order valence-corrected chi connectivity index (χ3v) is 6.18. The molecular weight excluding hydrogens is 330 g/mol. The Morgan fingerprint density at radius 3 is 2.07 bits per heavy atom. The average molecular weight is 366 g/mol. The Hall–Kier alpha value is -1.74. The van der Waals surface area contributed by atoms with Crippen LogP contribution in [0.3, 0.4) is 0 Å². The molecular formula is C24H35N3. The monoisotopic (exact) mass is 365 g/mol. The van der Waals surface area contributed by atoms with Crippen LogP contribution in [0.25, 0.3) is 0 Å². The Balaban J connectivity index is 1.44. The molecule has 3 nitrogen and oxygen atoms in total. The predicted octanol–water partition coefficient (Wildman–Crippen LogP) is 5.31. The quantitative estimate of drug-likeness (QED) is 0.540. The number of nitrogens with zero attached hydrogens (tertiary/aromatic N) is 3. The van der Waals surface area contributed by atoms with E-state index in [4.69, 9.17) is 0 Å². The summed E-state index contributed by atoms with van der Waals surface area (Å²) in [6.45, 7) is 1.29. The number of likely N-dealkylation sites (tertiary alicyclic amines) is 1. The van der Waals surface area contributed by atoms with Crippen molar-refractivity contribution < 1.29 is 0 Å². The molecule has 0 N–H and O–H groups in total. The van der Waals surface area contributed by atoms with Crippen molar-refractivity contribution in [1.29, 1.82) is 0 Å². The summed E-state index contributed by atoms with van der Waals surface area (Å²) in [6, 6.07) is 9.34. The molecule has 0 bridgehead atoms. The molecule has 3 heteroatoms. The molecule has 2 aromatic rings. The van der Waals surface area contributed by atoms with Gasteiger partial charge in [-0.15, -0.1) is 0 Å². The van der Waals surface area contributed by atoms with Crippen LogP contribution in [0.2, 0.25) is 0 Å². The Bertz CT molecular complexity index is 583. The summed E-state index contributed by atoms with van der Waals surface area (Å²) in [5, 5.41) is 0. The van der Waals surface area contributed by atoms with Gasteiger partial charge in [-0.1, -0.05) is 25.0 Å². The molecule has 0 saturated carbocycles. The molecule has 1 atom stereocenters. The van der Waals surface area contributed by atoms with Crippen LogP contribution in [0.4, 0.5) is 0 Å². The molecule has 0 unspecified atom stereocenters. The molecule has 1 aliphatic rings. The van der Waals surface area contributed by atoms with E-state index in [2.05, 4.69) is 46.2 Å². The van der Waals surface area contributed by atoms with E-state index >= 15 is 0 Å². The number of aryl methyl sites for hydroxylation is 2. The summed E-state index contributed by atoms with van der Waals surface area (Å²) in [6.07, 6.45) is 20.9. The first-order chi connectivity index (χ1) is 13.3. The largest absolute Gasteiger partial charge is 0.303 e. The van der Waals surface area contributed by atoms with Crippen molar-refractivity contribution in [3.63, 3.8) is 0 Å². The van der Waals surface area contributed by atoms with Gasteiger partial charge < -0.3 is 4.90 Å². The van der Waals surface area contributed by atoms with Gasteiger partial charge in [-0.3, -0.25) is 9.97 Å². The van der Waals surface area contributed by atoms with Gasteiger partial charge in [-0.05, 0) is 94.1 Å². The number of hydrogen-bond donors (Lipinski definition) is 0. The molecule has 2 aromatic heterocycles. The first-order valence-corrected chi connectivity index (χ1v) is 10.8. The van der Waals surface area contributed by atoms with Gasteiger partial charge in [0, 0.05) is 30.8 Å². The minimum Gasteiger partial charge on any atom is -0.303 e. The smallest absolute Gasteiger partial charge is 0.0299 e. The molecule has 0 amide bonds. The van der Waals surface area contributed by atoms with Gasteiger partial charge in [0.1, 0.15) is 0 Å². The molecule has 0 spiro atoms. The molecule has 0 aliphatic carbocycles. The minimum absolute atomic E-state index is 0.823. The molecule has 0 aromatic carbocycles. The molecule has 1 saturated heterocycles. The van der Waals surface area contributed by atoms with Crippen LogP contribution in [0.15, 0.2) is 49.1 Å². The SMILES string of the molecule is CN1CCC[C@H]1CCC(CCCc1cccnc1)CCCc1cccnc1. The fourth-order valence-corrected chi connectivity index (χ4v) is 4.49. The van der Waals surface area contributed by atoms with Crippen LogP contribution in [0.5, 0.6) is 0 Å². The Kier molecular flexibility index (Phi) is 8.29. The highest BCUT2D eigenvalue weighted by atomic mass is 15.1. The summed E-state index contributed by atoms with van der Waals surface area (Å²) >= 11 is 0. The van der Waals surface area contributed by atoms with Crippen molar-refractivity contribution in [2.24, 2.45) is 5.92 Å². The summed E-state index contributed by atoms with van der Waals surface area (Å²) in [7, 11) is 2.30. The summed E-state index contributed by atoms with van der Waals surface area (Å²) < 4.78 is 0. The van der Waals surface area contributed by atoms with Crippen LogP contribution in [-0.4, -0.2) is 34.5 Å². The molecule has 27 heavy (non-hydrogen) atoms. The Morgan fingerprint density at radius 1 is 0.963 bits per heavy atom. The van der Waals surface area contributed by atoms with Gasteiger partial charge in [0.2, 0.25) is 0 Å². The average Bonchev–Trinajstić information content (AvgIpc) is 3.12. The van der Waals surface area contributed by atoms with Crippen LogP contribution >= 0.6 is 0 Å². The van der Waals surface area contributed by atoms with Crippen molar-refractivity contribution in [2.75, 3.05) is 13.6 Å². The van der Waals surface area contributed by atoms with Gasteiger partial charge in [-0.2, -0.15) is 0 Å². The van der Waals surface area contributed by atoms with Crippen molar-refractivity contribution in [3.05, 3.63) is 60.2 Å². The lowest BCUT2D eigenvalue weighted by molar-refractivity contribution is 0.266. The standard InChI is InChI=1S/C24H35N3/c1-27-18-6-13-24(27)15-14-21(7-2-9-22-11-4-16-25-19-22)8-3-10-23-12-5-17-26-20-23/h4-5,11-12,16-17,19-21,24H,2-3,6-10,13-15,18H2,1H3/t24-/m0/s1. The maximum Gasteiger partial charge on any atom is 0.0299 e. The lowest BCUT2D eigenvalue weighted by Crippen LogP contribution is -2.25. The van der Waals surface area contributed by atoms with Crippen molar-refractivity contribution >= 4 is 0 Å². The van der Waals surface area contributed by atoms with Gasteiger partial charge >= 0.3 is 0 Å². The van der Waals surface area contributed by atoms with Crippen molar-refractivity contribution in [3.8, 4) is 0 Å². The highest BCUT2D eigenvalue weighted by Gasteiger charge is 2.21. The van der Waals surface area contributed by atoms with Crippen LogP contribution in [-0.2, 0) is 12.8 Å². The molecule has 3 rings (SSSR count). The van der Waals surface area contributed by atoms with Crippen LogP contribution in [0.1, 0.15) is 62.5 Å². The fraction of sp³-hybridized carbons (Fsp3) is 0.583. The topological polar surface area (TPSA) is 29.0 Å². The second-order valence-corrected chi connectivity index (χ2v) is 8.23. The molecule has 0 radical (unpaired) electrons. The Labute approximate surface area is 165 Å². The van der Waals surface area contributed by atoms with Crippen LogP contribution in [0, 0.1) is 5.92 Å². The second-order valence-electron chi connectivity index (χ2n) is 8.23. The van der Waals surface area contributed by atoms with E-state index < -0.39 is 0 Å². The van der Waals surface area contributed by atoms with Crippen molar-refractivity contribution in [1.82, 2.24) is 14.9 Å². The maximum absolute atomic E-state index is 4.25. The third kappa shape index (κ3) is 7.06. The summed E-state index contributed by atoms with van der Waals surface area (Å²) in [5.74, 6) is 0.854. The second kappa shape index (κ2) is 11.2. The van der Waals surface area contributed by atoms with Crippen molar-refractivity contribution in [2.45, 2.75) is 70.3 Å². The Morgan fingerprint density at radius 2 is 1.59 bits per heavy atom. The van der Waals surface area contributed by atoms with E-state index in [-0.39, 0.29) is 0 Å². The number of pyridine rings is 2. The first kappa shape index (κ1) is 20.0. The van der Waals surface area contributed by atoms with Gasteiger partial charge in [-0.25, -0.2) is 0 Å². The summed E-state index contributed by atoms with van der Waals surface area (Å²) in [4.78, 5) is 11.1. The zero-order chi connectivity index (χ0) is 18.7. The molecule has 3 heterocycles. The van der Waals surface area contributed by atoms with E-state index in [9.17, 15) is 0 Å². The van der Waals surface area contributed by atoms with Crippen LogP contribution < -0.4 is 0 Å². The lowest BCUT2D eigenvalue weighted by atomic mass is 9.88. The number of aromatic nitrogens is 2. The molecule has 146 valence electrons. The van der Waals surface area contributed by atoms with Gasteiger partial charge in [0.05, 0.1) is 0 Å². The first-order valence-electron chi connectivity index (χ1n) is 10.8. The van der Waals surface area contributed by atoms with E-state index in [1.807, 2.05) is 24.8 Å². The van der Waals surface area contributed by atoms with E-state index in [0.29, 0.717) is 0 Å². The molecule has 1 fully saturated rings. The lowest BCUT2D eigenvalue weighted by Gasteiger charge is -2.23. The normalized spacial score (nSPS) is 17.6. The zero-order valence-corrected chi connectivity index (χ0v) is 16.9. The third-order valence-electron chi connectivity index (χ3n) is 6.18. The fourth-order valence-electron chi connectivity index (χ4n) is 4.49.